The van der Waals surface area contributed by atoms with E-state index in [1.54, 1.807) is 31.2 Å². The molecule has 0 radical (unpaired) electrons. The molecule has 9 heteroatoms. The number of carbonyl (C=O) groups excluding carboxylic acids is 2. The normalized spacial score (nSPS) is 12.0. The van der Waals surface area contributed by atoms with E-state index in [9.17, 15) is 18.0 Å². The number of nitrogens with zero attached hydrogens (tertiary/aromatic N) is 2. The van der Waals surface area contributed by atoms with Gasteiger partial charge >= 0.3 is 0 Å². The molecule has 2 amide bonds. The monoisotopic (exact) mass is 551 g/mol. The fourth-order valence-corrected chi connectivity index (χ4v) is 4.79. The molecule has 8 nitrogen and oxygen atoms in total. The molecular formula is C30H37N3O5S. The van der Waals surface area contributed by atoms with E-state index in [0.717, 1.165) is 16.1 Å². The maximum Gasteiger partial charge on any atom is 0.244 e. The number of benzene rings is 3. The Morgan fingerprint density at radius 2 is 1.41 bits per heavy atom. The maximum atomic E-state index is 13.6. The van der Waals surface area contributed by atoms with Crippen LogP contribution in [0.2, 0.25) is 0 Å². The number of para-hydroxylation sites is 1. The van der Waals surface area contributed by atoms with Crippen LogP contribution in [0.15, 0.2) is 84.9 Å². The van der Waals surface area contributed by atoms with Gasteiger partial charge in [-0.15, -0.1) is 0 Å². The smallest absolute Gasteiger partial charge is 0.244 e. The molecule has 3 aromatic carbocycles. The van der Waals surface area contributed by atoms with Crippen molar-refractivity contribution in [2.45, 2.75) is 33.2 Å². The molecule has 0 saturated carbocycles. The van der Waals surface area contributed by atoms with Gasteiger partial charge in [0.1, 0.15) is 24.1 Å². The van der Waals surface area contributed by atoms with Gasteiger partial charge in [0.05, 0.1) is 11.9 Å². The minimum Gasteiger partial charge on any atom is -0.457 e. The first-order chi connectivity index (χ1) is 18.5. The van der Waals surface area contributed by atoms with Gasteiger partial charge in [0.2, 0.25) is 21.8 Å². The van der Waals surface area contributed by atoms with Crippen molar-refractivity contribution in [1.82, 2.24) is 10.2 Å². The molecule has 0 fully saturated rings. The molecule has 3 aromatic rings. The predicted octanol–water partition coefficient (Wildman–Crippen LogP) is 4.48. The molecule has 1 N–H and O–H groups in total. The van der Waals surface area contributed by atoms with Crippen LogP contribution < -0.4 is 14.4 Å². The Bertz CT molecular complexity index is 1310. The van der Waals surface area contributed by atoms with Crippen LogP contribution in [0.25, 0.3) is 0 Å². The molecule has 0 spiro atoms. The van der Waals surface area contributed by atoms with Crippen LogP contribution in [0.5, 0.6) is 11.5 Å². The number of hydrogen-bond acceptors (Lipinski definition) is 5. The fraction of sp³-hybridized carbons (Fsp3) is 0.333. The summed E-state index contributed by atoms with van der Waals surface area (Å²) < 4.78 is 32.4. The Labute approximate surface area is 231 Å². The molecule has 3 rings (SSSR count). The van der Waals surface area contributed by atoms with E-state index < -0.39 is 28.5 Å². The van der Waals surface area contributed by atoms with E-state index in [2.05, 4.69) is 5.32 Å². The molecule has 0 aliphatic heterocycles. The zero-order chi connectivity index (χ0) is 28.4. The van der Waals surface area contributed by atoms with E-state index >= 15 is 0 Å². The van der Waals surface area contributed by atoms with E-state index in [-0.39, 0.29) is 18.4 Å². The standard InChI is InChI=1S/C30H37N3O5S/c1-23(2)21-31-30(35)24(3)32(20-19-25-11-7-5-8-12-25)29(34)22-33(39(4,36)37)26-15-17-28(18-16-26)38-27-13-9-6-10-14-27/h5-18,23-24H,19-22H2,1-4H3,(H,31,35). The topological polar surface area (TPSA) is 96.0 Å². The van der Waals surface area contributed by atoms with E-state index in [0.29, 0.717) is 30.2 Å². The van der Waals surface area contributed by atoms with Crippen molar-refractivity contribution in [2.24, 2.45) is 5.92 Å². The molecule has 0 aliphatic rings. The number of nitrogens with one attached hydrogen (secondary N) is 1. The lowest BCUT2D eigenvalue weighted by Gasteiger charge is -2.31. The molecule has 0 heterocycles. The number of amides is 2. The summed E-state index contributed by atoms with van der Waals surface area (Å²) in [7, 11) is -3.81. The Kier molecular flexibility index (Phi) is 10.5. The second kappa shape index (κ2) is 13.8. The van der Waals surface area contributed by atoms with Crippen LogP contribution in [0.1, 0.15) is 26.3 Å². The highest BCUT2D eigenvalue weighted by Gasteiger charge is 2.29. The van der Waals surface area contributed by atoms with Gasteiger partial charge in [-0.05, 0) is 61.2 Å². The van der Waals surface area contributed by atoms with Crippen molar-refractivity contribution in [3.63, 3.8) is 0 Å². The molecular weight excluding hydrogens is 514 g/mol. The first-order valence-corrected chi connectivity index (χ1v) is 14.8. The Morgan fingerprint density at radius 1 is 0.846 bits per heavy atom. The first kappa shape index (κ1) is 29.7. The Hall–Kier alpha value is -3.85. The second-order valence-electron chi connectivity index (χ2n) is 9.82. The van der Waals surface area contributed by atoms with Crippen LogP contribution >= 0.6 is 0 Å². The summed E-state index contributed by atoms with van der Waals surface area (Å²) in [6.45, 7) is 5.96. The van der Waals surface area contributed by atoms with E-state index in [4.69, 9.17) is 4.74 Å². The minimum absolute atomic E-state index is 0.254. The van der Waals surface area contributed by atoms with E-state index in [1.165, 1.54) is 4.90 Å². The Balaban J connectivity index is 1.80. The molecule has 0 aliphatic carbocycles. The predicted molar refractivity (Wildman–Crippen MR) is 154 cm³/mol. The third-order valence-corrected chi connectivity index (χ3v) is 7.26. The summed E-state index contributed by atoms with van der Waals surface area (Å²) in [5.74, 6) is 0.694. The number of ether oxygens (including phenoxy) is 1. The largest absolute Gasteiger partial charge is 0.457 e. The van der Waals surface area contributed by atoms with Gasteiger partial charge in [-0.2, -0.15) is 0 Å². The van der Waals surface area contributed by atoms with Crippen molar-refractivity contribution >= 4 is 27.5 Å². The average Bonchev–Trinajstić information content (AvgIpc) is 2.91. The van der Waals surface area contributed by atoms with Crippen LogP contribution in [0.4, 0.5) is 5.69 Å². The van der Waals surface area contributed by atoms with Crippen molar-refractivity contribution < 1.29 is 22.7 Å². The average molecular weight is 552 g/mol. The van der Waals surface area contributed by atoms with E-state index in [1.807, 2.05) is 74.5 Å². The fourth-order valence-electron chi connectivity index (χ4n) is 3.94. The zero-order valence-corrected chi connectivity index (χ0v) is 23.7. The molecule has 1 unspecified atom stereocenters. The SMILES string of the molecule is CC(C)CNC(=O)C(C)N(CCc1ccccc1)C(=O)CN(c1ccc(Oc2ccccc2)cc1)S(C)(=O)=O. The Morgan fingerprint density at radius 3 is 1.97 bits per heavy atom. The van der Waals surface area contributed by atoms with Gasteiger partial charge in [-0.1, -0.05) is 62.4 Å². The van der Waals surface area contributed by atoms with Gasteiger partial charge in [-0.25, -0.2) is 8.42 Å². The van der Waals surface area contributed by atoms with Gasteiger partial charge in [-0.3, -0.25) is 13.9 Å². The maximum absolute atomic E-state index is 13.6. The highest BCUT2D eigenvalue weighted by atomic mass is 32.2. The van der Waals surface area contributed by atoms with Gasteiger partial charge in [0.15, 0.2) is 0 Å². The number of hydrogen-bond donors (Lipinski definition) is 1. The van der Waals surface area contributed by atoms with Crippen molar-refractivity contribution in [2.75, 3.05) is 30.2 Å². The van der Waals surface area contributed by atoms with Crippen LogP contribution in [-0.2, 0) is 26.0 Å². The zero-order valence-electron chi connectivity index (χ0n) is 22.9. The van der Waals surface area contributed by atoms with Crippen molar-refractivity contribution in [3.05, 3.63) is 90.5 Å². The number of sulfonamides is 1. The number of carbonyl (C=O) groups is 2. The number of rotatable bonds is 13. The summed E-state index contributed by atoms with van der Waals surface area (Å²) in [5, 5.41) is 2.88. The third kappa shape index (κ3) is 9.14. The van der Waals surface area contributed by atoms with Gasteiger partial charge in [0.25, 0.3) is 0 Å². The summed E-state index contributed by atoms with van der Waals surface area (Å²) in [6.07, 6.45) is 1.58. The van der Waals surface area contributed by atoms with Gasteiger partial charge < -0.3 is 15.0 Å². The molecule has 0 bridgehead atoms. The van der Waals surface area contributed by atoms with Crippen LogP contribution in [-0.4, -0.2) is 57.1 Å². The summed E-state index contributed by atoms with van der Waals surface area (Å²) in [6, 6.07) is 24.6. The second-order valence-corrected chi connectivity index (χ2v) is 11.7. The molecule has 208 valence electrons. The van der Waals surface area contributed by atoms with Crippen LogP contribution in [0.3, 0.4) is 0 Å². The first-order valence-electron chi connectivity index (χ1n) is 13.0. The summed E-state index contributed by atoms with van der Waals surface area (Å²) in [5.41, 5.74) is 1.34. The lowest BCUT2D eigenvalue weighted by molar-refractivity contribution is -0.138. The highest BCUT2D eigenvalue weighted by molar-refractivity contribution is 7.92. The van der Waals surface area contributed by atoms with Crippen molar-refractivity contribution in [3.8, 4) is 11.5 Å². The summed E-state index contributed by atoms with van der Waals surface area (Å²) >= 11 is 0. The highest BCUT2D eigenvalue weighted by Crippen LogP contribution is 2.25. The quantitative estimate of drug-likeness (QED) is 0.338. The summed E-state index contributed by atoms with van der Waals surface area (Å²) in [4.78, 5) is 27.9. The third-order valence-electron chi connectivity index (χ3n) is 6.12. The minimum atomic E-state index is -3.81. The molecule has 0 saturated heterocycles. The van der Waals surface area contributed by atoms with Crippen molar-refractivity contribution in [1.29, 1.82) is 0 Å². The molecule has 1 atom stereocenters. The van der Waals surface area contributed by atoms with Crippen LogP contribution in [0, 0.1) is 5.92 Å². The lowest BCUT2D eigenvalue weighted by Crippen LogP contribution is -2.52. The number of anilines is 1. The lowest BCUT2D eigenvalue weighted by atomic mass is 10.1. The molecule has 39 heavy (non-hydrogen) atoms. The van der Waals surface area contributed by atoms with Gasteiger partial charge in [0, 0.05) is 13.1 Å². The molecule has 0 aromatic heterocycles.